The number of aromatic nitrogens is 2. The minimum Gasteiger partial charge on any atom is -0.446 e. The number of Topliss-reactive ketones (excluding diaryl/α,β-unsaturated/α-hetero) is 1. The summed E-state index contributed by atoms with van der Waals surface area (Å²) < 4.78 is 43.0. The van der Waals surface area contributed by atoms with Gasteiger partial charge in [-0.3, -0.25) is 9.78 Å². The van der Waals surface area contributed by atoms with E-state index >= 15 is 0 Å². The normalized spacial score (nSPS) is 21.5. The number of halogens is 3. The molecule has 3 heterocycles. The van der Waals surface area contributed by atoms with E-state index in [0.29, 0.717) is 36.3 Å². The lowest BCUT2D eigenvalue weighted by Gasteiger charge is -2.30. The third-order valence-corrected chi connectivity index (χ3v) is 7.51. The van der Waals surface area contributed by atoms with Gasteiger partial charge in [-0.15, -0.1) is 0 Å². The van der Waals surface area contributed by atoms with Gasteiger partial charge in [0, 0.05) is 43.7 Å². The summed E-state index contributed by atoms with van der Waals surface area (Å²) in [4.78, 5) is 23.5. The van der Waals surface area contributed by atoms with E-state index in [1.807, 2.05) is 13.0 Å². The highest BCUT2D eigenvalue weighted by molar-refractivity contribution is 5.80. The smallest absolute Gasteiger partial charge is 0.389 e. The van der Waals surface area contributed by atoms with Crippen molar-refractivity contribution in [3.05, 3.63) is 46.9 Å². The number of pyridine rings is 1. The largest absolute Gasteiger partial charge is 0.446 e. The molecule has 192 valence electrons. The lowest BCUT2D eigenvalue weighted by Crippen LogP contribution is -2.29. The van der Waals surface area contributed by atoms with Crippen LogP contribution in [0.15, 0.2) is 22.7 Å². The quantitative estimate of drug-likeness (QED) is 0.452. The first-order valence-corrected chi connectivity index (χ1v) is 12.9. The molecule has 8 heteroatoms. The van der Waals surface area contributed by atoms with E-state index in [-0.39, 0.29) is 12.2 Å². The first-order chi connectivity index (χ1) is 16.7. The van der Waals surface area contributed by atoms with Gasteiger partial charge in [0.25, 0.3) is 0 Å². The highest BCUT2D eigenvalue weighted by atomic mass is 19.4. The zero-order valence-corrected chi connectivity index (χ0v) is 20.6. The van der Waals surface area contributed by atoms with Crippen LogP contribution in [0.3, 0.4) is 0 Å². The molecule has 0 atom stereocenters. The maximum atomic E-state index is 12.5. The van der Waals surface area contributed by atoms with Crippen molar-refractivity contribution in [1.82, 2.24) is 14.9 Å². The van der Waals surface area contributed by atoms with Gasteiger partial charge < -0.3 is 9.32 Å². The molecule has 0 saturated heterocycles. The van der Waals surface area contributed by atoms with Crippen molar-refractivity contribution in [1.29, 1.82) is 0 Å². The second-order valence-corrected chi connectivity index (χ2v) is 10.3. The highest BCUT2D eigenvalue weighted by Gasteiger charge is 2.27. The zero-order chi connectivity index (χ0) is 24.8. The van der Waals surface area contributed by atoms with E-state index < -0.39 is 12.6 Å². The van der Waals surface area contributed by atoms with Crippen molar-refractivity contribution in [2.45, 2.75) is 83.7 Å². The number of carbonyl (C=O) groups excluding carboxylic acids is 1. The number of fused-ring (bicyclic) bond motifs is 1. The van der Waals surface area contributed by atoms with Crippen LogP contribution >= 0.6 is 0 Å². The topological polar surface area (TPSA) is 59.2 Å². The number of rotatable bonds is 9. The number of aryl methyl sites for hydroxylation is 2. The third kappa shape index (κ3) is 8.16. The Labute approximate surface area is 205 Å². The fraction of sp³-hybridized carbons (Fsp3) is 0.667. The van der Waals surface area contributed by atoms with E-state index in [2.05, 4.69) is 14.9 Å². The molecule has 0 N–H and O–H groups in total. The first kappa shape index (κ1) is 25.9. The van der Waals surface area contributed by atoms with Crippen LogP contribution in [-0.4, -0.2) is 46.5 Å². The second kappa shape index (κ2) is 11.7. The van der Waals surface area contributed by atoms with E-state index in [4.69, 9.17) is 4.42 Å². The number of hydrogen-bond acceptors (Lipinski definition) is 5. The lowest BCUT2D eigenvalue weighted by molar-refractivity contribution is -0.134. The van der Waals surface area contributed by atoms with Gasteiger partial charge in [0.1, 0.15) is 11.5 Å². The molecule has 0 bridgehead atoms. The molecule has 5 nitrogen and oxygen atoms in total. The van der Waals surface area contributed by atoms with Crippen molar-refractivity contribution < 1.29 is 22.4 Å². The fourth-order valence-electron chi connectivity index (χ4n) is 5.44. The Bertz CT molecular complexity index is 980. The summed E-state index contributed by atoms with van der Waals surface area (Å²) in [6.07, 6.45) is 5.00. The van der Waals surface area contributed by atoms with Crippen LogP contribution in [0.1, 0.15) is 73.5 Å². The molecule has 1 aliphatic heterocycles. The summed E-state index contributed by atoms with van der Waals surface area (Å²) in [5.74, 6) is 2.65. The molecule has 1 aliphatic carbocycles. The zero-order valence-electron chi connectivity index (χ0n) is 20.6. The molecule has 35 heavy (non-hydrogen) atoms. The first-order valence-electron chi connectivity index (χ1n) is 12.9. The number of oxazole rings is 1. The Morgan fingerprint density at radius 1 is 1.11 bits per heavy atom. The summed E-state index contributed by atoms with van der Waals surface area (Å²) in [5.41, 5.74) is 2.69. The summed E-state index contributed by atoms with van der Waals surface area (Å²) in [6.45, 7) is 4.77. The average Bonchev–Trinajstić information content (AvgIpc) is 3.10. The van der Waals surface area contributed by atoms with Crippen molar-refractivity contribution in [2.75, 3.05) is 19.6 Å². The van der Waals surface area contributed by atoms with Crippen LogP contribution in [0, 0.1) is 18.8 Å². The molecule has 4 rings (SSSR count). The predicted molar refractivity (Wildman–Crippen MR) is 127 cm³/mol. The van der Waals surface area contributed by atoms with E-state index in [9.17, 15) is 18.0 Å². The molecule has 1 fully saturated rings. The molecule has 2 aliphatic rings. The van der Waals surface area contributed by atoms with Gasteiger partial charge in [0.2, 0.25) is 5.89 Å². The Morgan fingerprint density at radius 2 is 1.86 bits per heavy atom. The minimum absolute atomic E-state index is 0.0474. The molecule has 2 aromatic rings. The molecule has 0 spiro atoms. The molecular formula is C27H36F3N3O2. The standard InChI is InChI=1S/C27H36F3N3O2/c1-19-18-31-26(35-19)17-24(34)16-21-4-2-20(3-5-21)9-13-33-14-10-22-6-7-23(8-12-27(28,29)30)32-25(22)11-15-33/h6-7,18,20-21H,2-5,8-17H2,1H3. The number of carbonyl (C=O) groups is 1. The molecular weight excluding hydrogens is 455 g/mol. The third-order valence-electron chi connectivity index (χ3n) is 7.51. The Kier molecular flexibility index (Phi) is 8.63. The van der Waals surface area contributed by atoms with Crippen molar-refractivity contribution >= 4 is 5.78 Å². The molecule has 1 saturated carbocycles. The van der Waals surface area contributed by atoms with Gasteiger partial charge in [-0.25, -0.2) is 4.98 Å². The molecule has 0 amide bonds. The number of nitrogens with zero attached hydrogens (tertiary/aromatic N) is 3. The van der Waals surface area contributed by atoms with Gasteiger partial charge in [-0.1, -0.05) is 18.9 Å². The van der Waals surface area contributed by atoms with Crippen LogP contribution in [0.2, 0.25) is 0 Å². The van der Waals surface area contributed by atoms with Crippen molar-refractivity contribution in [3.63, 3.8) is 0 Å². The Morgan fingerprint density at radius 3 is 2.57 bits per heavy atom. The summed E-state index contributed by atoms with van der Waals surface area (Å²) in [7, 11) is 0. The highest BCUT2D eigenvalue weighted by Crippen LogP contribution is 2.33. The predicted octanol–water partition coefficient (Wildman–Crippen LogP) is 5.67. The molecule has 0 unspecified atom stereocenters. The Balaban J connectivity index is 1.16. The van der Waals surface area contributed by atoms with Crippen LogP contribution in [0.25, 0.3) is 0 Å². The number of ketones is 1. The monoisotopic (exact) mass is 491 g/mol. The van der Waals surface area contributed by atoms with E-state index in [1.54, 1.807) is 12.3 Å². The maximum absolute atomic E-state index is 12.5. The van der Waals surface area contributed by atoms with Crippen LogP contribution in [0.5, 0.6) is 0 Å². The minimum atomic E-state index is -4.14. The van der Waals surface area contributed by atoms with Gasteiger partial charge in [0.15, 0.2) is 0 Å². The lowest BCUT2D eigenvalue weighted by atomic mass is 9.78. The van der Waals surface area contributed by atoms with Crippen molar-refractivity contribution in [2.24, 2.45) is 11.8 Å². The average molecular weight is 492 g/mol. The summed E-state index contributed by atoms with van der Waals surface area (Å²) in [6, 6.07) is 3.73. The summed E-state index contributed by atoms with van der Waals surface area (Å²) in [5, 5.41) is 0. The maximum Gasteiger partial charge on any atom is 0.389 e. The molecule has 0 aromatic carbocycles. The fourth-order valence-corrected chi connectivity index (χ4v) is 5.44. The van der Waals surface area contributed by atoms with Gasteiger partial charge >= 0.3 is 6.18 Å². The second-order valence-electron chi connectivity index (χ2n) is 10.3. The van der Waals surface area contributed by atoms with Gasteiger partial charge in [-0.05, 0) is 69.0 Å². The molecule has 0 radical (unpaired) electrons. The van der Waals surface area contributed by atoms with Crippen LogP contribution in [-0.2, 0) is 30.5 Å². The van der Waals surface area contributed by atoms with Crippen LogP contribution in [0.4, 0.5) is 13.2 Å². The summed E-state index contributed by atoms with van der Waals surface area (Å²) >= 11 is 0. The number of alkyl halides is 3. The number of hydrogen-bond donors (Lipinski definition) is 0. The SMILES string of the molecule is Cc1cnc(CC(=O)CC2CCC(CCN3CCc4ccc(CCC(F)(F)F)nc4CC3)CC2)o1. The molecule has 2 aromatic heterocycles. The Hall–Kier alpha value is -2.22. The van der Waals surface area contributed by atoms with E-state index in [0.717, 1.165) is 63.2 Å². The van der Waals surface area contributed by atoms with Crippen LogP contribution < -0.4 is 0 Å². The van der Waals surface area contributed by atoms with Crippen molar-refractivity contribution in [3.8, 4) is 0 Å². The van der Waals surface area contributed by atoms with E-state index in [1.165, 1.54) is 18.4 Å². The van der Waals surface area contributed by atoms with Gasteiger partial charge in [0.05, 0.1) is 12.6 Å². The van der Waals surface area contributed by atoms with Gasteiger partial charge in [-0.2, -0.15) is 13.2 Å².